The summed E-state index contributed by atoms with van der Waals surface area (Å²) in [5.74, 6) is 0. The molecule has 0 fully saturated rings. The molecular formula is C52H33BN2O3. The molecule has 0 radical (unpaired) electrons. The Morgan fingerprint density at radius 2 is 1.10 bits per heavy atom. The summed E-state index contributed by atoms with van der Waals surface area (Å²) >= 11 is 0. The molecule has 0 saturated heterocycles. The van der Waals surface area contributed by atoms with Crippen LogP contribution in [0.4, 0.5) is 11.4 Å². The molecule has 0 amide bonds. The molecule has 2 aliphatic rings. The lowest BCUT2D eigenvalue weighted by Gasteiger charge is -2.42. The fraction of sp³-hybridized carbons (Fsp3) is 0.0769. The topological polar surface area (TPSA) is 47.6 Å². The number of hydrogen-bond donors (Lipinski definition) is 0. The number of para-hydroxylation sites is 3. The van der Waals surface area contributed by atoms with E-state index < -0.39 is 0 Å². The molecule has 0 atom stereocenters. The van der Waals surface area contributed by atoms with Crippen LogP contribution in [-0.2, 0) is 5.41 Å². The van der Waals surface area contributed by atoms with Gasteiger partial charge in [0, 0.05) is 71.8 Å². The van der Waals surface area contributed by atoms with Gasteiger partial charge >= 0.3 is 6.85 Å². The Morgan fingerprint density at radius 1 is 0.466 bits per heavy atom. The lowest BCUT2D eigenvalue weighted by Crippen LogP contribution is -2.60. The van der Waals surface area contributed by atoms with Crippen LogP contribution in [0.25, 0.3) is 104 Å². The van der Waals surface area contributed by atoms with Gasteiger partial charge in [-0.2, -0.15) is 0 Å². The second-order valence-electron chi connectivity index (χ2n) is 17.2. The third-order valence-electron chi connectivity index (χ3n) is 13.1. The number of anilines is 2. The van der Waals surface area contributed by atoms with Crippen molar-refractivity contribution in [2.45, 2.75) is 26.2 Å². The summed E-state index contributed by atoms with van der Waals surface area (Å²) in [6.45, 7) is 6.66. The van der Waals surface area contributed by atoms with Crippen LogP contribution in [0.3, 0.4) is 0 Å². The average Bonchev–Trinajstić information content (AvgIpc) is 4.00. The van der Waals surface area contributed by atoms with Crippen molar-refractivity contribution in [1.82, 2.24) is 4.57 Å². The van der Waals surface area contributed by atoms with Crippen molar-refractivity contribution in [2.75, 3.05) is 4.81 Å². The van der Waals surface area contributed by atoms with Gasteiger partial charge in [0.2, 0.25) is 0 Å². The van der Waals surface area contributed by atoms with Gasteiger partial charge in [0.25, 0.3) is 0 Å². The standard InChI is InChI=1S/C52H33BN2O3/c1-52(2,3)28-16-18-29(19-17-28)55-40-27-47-36(30-10-4-7-13-42(30)58-47)24-35(40)32-20-21-34-48-39(22-23-45-49(48)33-12-6-9-15-44(33)56-45)54-41-25-37-31-11-5-8-14-43(31)57-46(37)26-38(41)53(55)50(32)51(34)54/h4-27H,1-3H3. The van der Waals surface area contributed by atoms with Crippen LogP contribution in [0.5, 0.6) is 0 Å². The van der Waals surface area contributed by atoms with Gasteiger partial charge < -0.3 is 22.6 Å². The maximum Gasteiger partial charge on any atom is 0.333 e. The Hall–Kier alpha value is -7.18. The highest BCUT2D eigenvalue weighted by Crippen LogP contribution is 2.49. The zero-order chi connectivity index (χ0) is 38.2. The summed E-state index contributed by atoms with van der Waals surface area (Å²) < 4.78 is 22.4. The minimum Gasteiger partial charge on any atom is -0.456 e. The van der Waals surface area contributed by atoms with Gasteiger partial charge in [-0.1, -0.05) is 99.6 Å². The number of aromatic nitrogens is 1. The quantitative estimate of drug-likeness (QED) is 0.157. The molecule has 0 saturated carbocycles. The van der Waals surface area contributed by atoms with E-state index in [1.165, 1.54) is 43.9 Å². The van der Waals surface area contributed by atoms with Gasteiger partial charge in [0.15, 0.2) is 0 Å². The molecule has 5 nitrogen and oxygen atoms in total. The number of fused-ring (bicyclic) bond motifs is 18. The van der Waals surface area contributed by atoms with Crippen LogP contribution < -0.4 is 15.7 Å². The van der Waals surface area contributed by atoms with Crippen molar-refractivity contribution in [3.63, 3.8) is 0 Å². The third kappa shape index (κ3) is 3.78. The van der Waals surface area contributed by atoms with Crippen LogP contribution in [0.2, 0.25) is 0 Å². The predicted octanol–water partition coefficient (Wildman–Crippen LogP) is 13.0. The van der Waals surface area contributed by atoms with Gasteiger partial charge in [-0.25, -0.2) is 0 Å². The molecule has 58 heavy (non-hydrogen) atoms. The number of nitrogens with zero attached hydrogens (tertiary/aromatic N) is 2. The molecule has 0 bridgehead atoms. The molecule has 4 aromatic heterocycles. The Kier molecular flexibility index (Phi) is 5.56. The van der Waals surface area contributed by atoms with E-state index in [-0.39, 0.29) is 12.3 Å². The molecular weight excluding hydrogens is 711 g/mol. The van der Waals surface area contributed by atoms with Crippen molar-refractivity contribution >= 4 is 117 Å². The van der Waals surface area contributed by atoms with Gasteiger partial charge in [-0.15, -0.1) is 0 Å². The van der Waals surface area contributed by atoms with E-state index in [1.54, 1.807) is 0 Å². The first kappa shape index (κ1) is 31.0. The average molecular weight is 745 g/mol. The van der Waals surface area contributed by atoms with Crippen LogP contribution in [0, 0.1) is 0 Å². The van der Waals surface area contributed by atoms with Crippen molar-refractivity contribution in [3.05, 3.63) is 151 Å². The Labute approximate surface area is 332 Å². The molecule has 0 unspecified atom stereocenters. The van der Waals surface area contributed by atoms with E-state index in [2.05, 4.69) is 170 Å². The fourth-order valence-corrected chi connectivity index (χ4v) is 10.5. The van der Waals surface area contributed by atoms with Crippen LogP contribution in [-0.4, -0.2) is 11.4 Å². The normalized spacial score (nSPS) is 13.7. The fourth-order valence-electron chi connectivity index (χ4n) is 10.5. The lowest BCUT2D eigenvalue weighted by molar-refractivity contribution is 0.590. The first-order valence-electron chi connectivity index (χ1n) is 20.1. The second-order valence-corrected chi connectivity index (χ2v) is 17.2. The summed E-state index contributed by atoms with van der Waals surface area (Å²) in [5.41, 5.74) is 17.4. The van der Waals surface area contributed by atoms with E-state index >= 15 is 0 Å². The van der Waals surface area contributed by atoms with Gasteiger partial charge in [-0.05, 0) is 88.1 Å². The summed E-state index contributed by atoms with van der Waals surface area (Å²) in [6, 6.07) is 52.9. The zero-order valence-electron chi connectivity index (χ0n) is 32.1. The molecule has 6 heterocycles. The van der Waals surface area contributed by atoms with Gasteiger partial charge in [0.05, 0.1) is 11.0 Å². The number of benzene rings is 8. The highest BCUT2D eigenvalue weighted by molar-refractivity contribution is 6.94. The largest absolute Gasteiger partial charge is 0.456 e. The zero-order valence-corrected chi connectivity index (χ0v) is 32.1. The predicted molar refractivity (Wildman–Crippen MR) is 240 cm³/mol. The molecule has 14 rings (SSSR count). The molecule has 0 aliphatic carbocycles. The smallest absolute Gasteiger partial charge is 0.333 e. The highest BCUT2D eigenvalue weighted by Gasteiger charge is 2.45. The lowest BCUT2D eigenvalue weighted by atomic mass is 9.44. The first-order valence-corrected chi connectivity index (χ1v) is 20.1. The van der Waals surface area contributed by atoms with Crippen LogP contribution in [0.1, 0.15) is 26.3 Å². The third-order valence-corrected chi connectivity index (χ3v) is 13.1. The first-order chi connectivity index (χ1) is 28.4. The summed E-state index contributed by atoms with van der Waals surface area (Å²) in [5, 5.41) is 9.20. The maximum atomic E-state index is 6.68. The van der Waals surface area contributed by atoms with Crippen molar-refractivity contribution in [3.8, 4) is 16.8 Å². The molecule has 2 aliphatic heterocycles. The van der Waals surface area contributed by atoms with E-state index in [0.717, 1.165) is 88.4 Å². The van der Waals surface area contributed by atoms with Crippen LogP contribution in [0.15, 0.2) is 159 Å². The van der Waals surface area contributed by atoms with Gasteiger partial charge in [-0.3, -0.25) is 0 Å². The van der Waals surface area contributed by atoms with E-state index in [4.69, 9.17) is 13.3 Å². The Balaban J connectivity index is 1.19. The van der Waals surface area contributed by atoms with Crippen molar-refractivity contribution < 1.29 is 13.3 Å². The van der Waals surface area contributed by atoms with Gasteiger partial charge in [0.1, 0.15) is 33.5 Å². The Bertz CT molecular complexity index is 3800. The molecule has 272 valence electrons. The van der Waals surface area contributed by atoms with Crippen molar-refractivity contribution in [2.24, 2.45) is 0 Å². The number of hydrogen-bond acceptors (Lipinski definition) is 4. The maximum absolute atomic E-state index is 6.68. The highest BCUT2D eigenvalue weighted by atomic mass is 16.3. The molecule has 0 spiro atoms. The SMILES string of the molecule is CC(C)(C)c1ccc(N2B3c4cc5oc6ccccc6c5cc4-n4c5ccc6oc7ccccc7c6c5c5ccc(c3c54)-c3cc4c(cc32)oc2ccccc24)cc1. The van der Waals surface area contributed by atoms with E-state index in [9.17, 15) is 0 Å². The molecule has 6 heteroatoms. The summed E-state index contributed by atoms with van der Waals surface area (Å²) in [6.07, 6.45) is 0. The number of furan rings is 3. The van der Waals surface area contributed by atoms with E-state index in [1.807, 2.05) is 6.07 Å². The van der Waals surface area contributed by atoms with Crippen LogP contribution >= 0.6 is 0 Å². The van der Waals surface area contributed by atoms with E-state index in [0.29, 0.717) is 0 Å². The minimum atomic E-state index is -0.172. The van der Waals surface area contributed by atoms with Crippen molar-refractivity contribution in [1.29, 1.82) is 0 Å². The molecule has 8 aromatic carbocycles. The molecule has 12 aromatic rings. The summed E-state index contributed by atoms with van der Waals surface area (Å²) in [4.78, 5) is 2.56. The monoisotopic (exact) mass is 744 g/mol. The Morgan fingerprint density at radius 3 is 1.83 bits per heavy atom. The number of rotatable bonds is 1. The summed E-state index contributed by atoms with van der Waals surface area (Å²) in [7, 11) is 0. The second kappa shape index (κ2) is 10.4. The minimum absolute atomic E-state index is 0.0192. The molecule has 0 N–H and O–H groups in total.